The molecule has 0 heterocycles. The van der Waals surface area contributed by atoms with Gasteiger partial charge < -0.3 is 18.9 Å². The van der Waals surface area contributed by atoms with Crippen LogP contribution in [0.15, 0.2) is 52.9 Å². The highest BCUT2D eigenvalue weighted by Gasteiger charge is 2.43. The molecule has 0 saturated heterocycles. The van der Waals surface area contributed by atoms with E-state index < -0.39 is 5.92 Å². The lowest BCUT2D eigenvalue weighted by Crippen LogP contribution is -2.31. The molecule has 120 valence electrons. The van der Waals surface area contributed by atoms with Crippen LogP contribution < -0.4 is 0 Å². The molecule has 0 bridgehead atoms. The van der Waals surface area contributed by atoms with Crippen LogP contribution in [-0.2, 0) is 18.9 Å². The fourth-order valence-corrected chi connectivity index (χ4v) is 3.13. The van der Waals surface area contributed by atoms with Crippen molar-refractivity contribution in [2.24, 2.45) is 5.92 Å². The average molecular weight is 314 g/mol. The van der Waals surface area contributed by atoms with Crippen molar-refractivity contribution >= 4 is 11.9 Å². The molecule has 0 N–H and O–H groups in total. The minimum atomic E-state index is -0.598. The first-order valence-electron chi connectivity index (χ1n) is 7.17. The van der Waals surface area contributed by atoms with E-state index in [-0.39, 0.29) is 5.78 Å². The number of allylic oxidation sites excluding steroid dienone is 2. The summed E-state index contributed by atoms with van der Waals surface area (Å²) in [5, 5.41) is 0. The van der Waals surface area contributed by atoms with Crippen molar-refractivity contribution in [3.8, 4) is 0 Å². The van der Waals surface area contributed by atoms with E-state index in [1.165, 1.54) is 21.3 Å². The van der Waals surface area contributed by atoms with Crippen molar-refractivity contribution < 1.29 is 23.7 Å². The largest absolute Gasteiger partial charge is 0.496 e. The topological polar surface area (TPSA) is 54.0 Å². The normalized spacial score (nSPS) is 19.7. The Kier molecular flexibility index (Phi) is 3.86. The second-order valence-corrected chi connectivity index (χ2v) is 5.15. The van der Waals surface area contributed by atoms with Crippen LogP contribution in [-0.4, -0.2) is 34.2 Å². The number of fused-ring (bicyclic) bond motifs is 2. The van der Waals surface area contributed by atoms with Gasteiger partial charge in [-0.05, 0) is 11.6 Å². The maximum absolute atomic E-state index is 13.0. The standard InChI is InChI=1S/C18H18O5/c1-20-15-12-9-10-7-5-6-8-11(10)14(19)13(12)16(21-2)18(23-4)17(15)22-3/h5-9,13H,1-4H3. The summed E-state index contributed by atoms with van der Waals surface area (Å²) in [4.78, 5) is 13.0. The lowest BCUT2D eigenvalue weighted by atomic mass is 9.77. The number of ketones is 1. The summed E-state index contributed by atoms with van der Waals surface area (Å²) in [6.45, 7) is 0. The minimum absolute atomic E-state index is 0.0470. The summed E-state index contributed by atoms with van der Waals surface area (Å²) in [6, 6.07) is 7.46. The number of hydrogen-bond acceptors (Lipinski definition) is 5. The molecule has 0 aliphatic heterocycles. The second-order valence-electron chi connectivity index (χ2n) is 5.15. The van der Waals surface area contributed by atoms with Crippen molar-refractivity contribution in [1.82, 2.24) is 0 Å². The van der Waals surface area contributed by atoms with Crippen LogP contribution in [0.1, 0.15) is 15.9 Å². The van der Waals surface area contributed by atoms with Gasteiger partial charge in [-0.2, -0.15) is 0 Å². The maximum Gasteiger partial charge on any atom is 0.207 e. The van der Waals surface area contributed by atoms with E-state index in [9.17, 15) is 4.79 Å². The number of carbonyl (C=O) groups excluding carboxylic acids is 1. The number of carbonyl (C=O) groups is 1. The van der Waals surface area contributed by atoms with Gasteiger partial charge in [0.05, 0.1) is 28.4 Å². The molecule has 0 saturated carbocycles. The molecular formula is C18H18O5. The highest BCUT2D eigenvalue weighted by atomic mass is 16.5. The Hall–Kier alpha value is -2.69. The summed E-state index contributed by atoms with van der Waals surface area (Å²) in [7, 11) is 6.10. The van der Waals surface area contributed by atoms with Crippen LogP contribution in [0, 0.1) is 5.92 Å². The molecule has 0 amide bonds. The molecule has 2 aliphatic rings. The zero-order valence-corrected chi connectivity index (χ0v) is 13.5. The van der Waals surface area contributed by atoms with E-state index in [1.54, 1.807) is 7.11 Å². The Bertz CT molecular complexity index is 754. The molecule has 1 aromatic carbocycles. The quantitative estimate of drug-likeness (QED) is 0.855. The third-order valence-corrected chi connectivity index (χ3v) is 4.10. The van der Waals surface area contributed by atoms with Crippen molar-refractivity contribution in [3.63, 3.8) is 0 Å². The third kappa shape index (κ3) is 2.11. The van der Waals surface area contributed by atoms with Crippen LogP contribution >= 0.6 is 0 Å². The average Bonchev–Trinajstić information content (AvgIpc) is 2.59. The smallest absolute Gasteiger partial charge is 0.207 e. The summed E-state index contributed by atoms with van der Waals surface area (Å²) >= 11 is 0. The van der Waals surface area contributed by atoms with Crippen LogP contribution in [0.3, 0.4) is 0 Å². The monoisotopic (exact) mass is 314 g/mol. The first kappa shape index (κ1) is 15.2. The number of hydrogen-bond donors (Lipinski definition) is 0. The van der Waals surface area contributed by atoms with Crippen molar-refractivity contribution in [2.75, 3.05) is 28.4 Å². The zero-order chi connectivity index (χ0) is 16.6. The predicted octanol–water partition coefficient (Wildman–Crippen LogP) is 2.90. The number of Topliss-reactive ketones (excluding diaryl/α,β-unsaturated/α-hetero) is 1. The van der Waals surface area contributed by atoms with Gasteiger partial charge in [0, 0.05) is 11.1 Å². The van der Waals surface area contributed by atoms with Gasteiger partial charge in [-0.25, -0.2) is 0 Å². The summed E-state index contributed by atoms with van der Waals surface area (Å²) in [5.74, 6) is 1.06. The summed E-state index contributed by atoms with van der Waals surface area (Å²) < 4.78 is 21.9. The third-order valence-electron chi connectivity index (χ3n) is 4.10. The number of methoxy groups -OCH3 is 4. The van der Waals surface area contributed by atoms with E-state index in [0.717, 1.165) is 5.56 Å². The molecule has 0 radical (unpaired) electrons. The van der Waals surface area contributed by atoms with Gasteiger partial charge in [0.1, 0.15) is 5.92 Å². The lowest BCUT2D eigenvalue weighted by molar-refractivity contribution is 0.0870. The Morgan fingerprint density at radius 2 is 1.48 bits per heavy atom. The summed E-state index contributed by atoms with van der Waals surface area (Å²) in [5.41, 5.74) is 2.22. The Labute approximate surface area is 134 Å². The Balaban J connectivity index is 2.32. The van der Waals surface area contributed by atoms with Crippen molar-refractivity contribution in [1.29, 1.82) is 0 Å². The van der Waals surface area contributed by atoms with Gasteiger partial charge in [0.15, 0.2) is 17.3 Å². The van der Waals surface area contributed by atoms with Crippen molar-refractivity contribution in [3.05, 3.63) is 64.0 Å². The van der Waals surface area contributed by atoms with Crippen molar-refractivity contribution in [2.45, 2.75) is 0 Å². The Morgan fingerprint density at radius 3 is 2.09 bits per heavy atom. The molecule has 0 aromatic heterocycles. The van der Waals surface area contributed by atoms with Gasteiger partial charge in [0.2, 0.25) is 11.5 Å². The van der Waals surface area contributed by atoms with E-state index in [2.05, 4.69) is 0 Å². The van der Waals surface area contributed by atoms with Gasteiger partial charge >= 0.3 is 0 Å². The molecule has 23 heavy (non-hydrogen) atoms. The number of benzene rings is 1. The van der Waals surface area contributed by atoms with E-state index in [1.807, 2.05) is 30.3 Å². The minimum Gasteiger partial charge on any atom is -0.496 e. The SMILES string of the molecule is COC1=C(OC)C(OC)=C(OC)C2C(=O)c3ccccc3C=C12. The van der Waals surface area contributed by atoms with Crippen LogP contribution in [0.5, 0.6) is 0 Å². The molecular weight excluding hydrogens is 296 g/mol. The Morgan fingerprint density at radius 1 is 0.826 bits per heavy atom. The van der Waals surface area contributed by atoms with Gasteiger partial charge in [0.25, 0.3) is 0 Å². The molecule has 5 nitrogen and oxygen atoms in total. The molecule has 1 unspecified atom stereocenters. The van der Waals surface area contributed by atoms with E-state index >= 15 is 0 Å². The maximum atomic E-state index is 13.0. The molecule has 3 rings (SSSR count). The molecule has 2 aliphatic carbocycles. The second kappa shape index (κ2) is 5.83. The first-order chi connectivity index (χ1) is 11.2. The fraction of sp³-hybridized carbons (Fsp3) is 0.278. The van der Waals surface area contributed by atoms with E-state index in [0.29, 0.717) is 34.2 Å². The fourth-order valence-electron chi connectivity index (χ4n) is 3.13. The van der Waals surface area contributed by atoms with Gasteiger partial charge in [-0.3, -0.25) is 4.79 Å². The molecule has 5 heteroatoms. The predicted molar refractivity (Wildman–Crippen MR) is 84.3 cm³/mol. The highest BCUT2D eigenvalue weighted by molar-refractivity contribution is 6.08. The first-order valence-corrected chi connectivity index (χ1v) is 7.17. The van der Waals surface area contributed by atoms with Gasteiger partial charge in [-0.15, -0.1) is 0 Å². The highest BCUT2D eigenvalue weighted by Crippen LogP contribution is 2.44. The summed E-state index contributed by atoms with van der Waals surface area (Å²) in [6.07, 6.45) is 1.94. The molecule has 1 aromatic rings. The zero-order valence-electron chi connectivity index (χ0n) is 13.5. The van der Waals surface area contributed by atoms with Gasteiger partial charge in [-0.1, -0.05) is 24.3 Å². The number of ether oxygens (including phenoxy) is 4. The lowest BCUT2D eigenvalue weighted by Gasteiger charge is -2.32. The van der Waals surface area contributed by atoms with Crippen LogP contribution in [0.25, 0.3) is 6.08 Å². The van der Waals surface area contributed by atoms with Crippen LogP contribution in [0.2, 0.25) is 0 Å². The molecule has 0 spiro atoms. The molecule has 0 fully saturated rings. The molecule has 1 atom stereocenters. The van der Waals surface area contributed by atoms with E-state index in [4.69, 9.17) is 18.9 Å². The van der Waals surface area contributed by atoms with Crippen LogP contribution in [0.4, 0.5) is 0 Å². The number of rotatable bonds is 4.